The van der Waals surface area contributed by atoms with E-state index in [2.05, 4.69) is 15.8 Å². The maximum absolute atomic E-state index is 12.7. The summed E-state index contributed by atoms with van der Waals surface area (Å²) in [6, 6.07) is 22.4. The average molecular weight is 532 g/mol. The molecule has 1 unspecified atom stereocenters. The summed E-state index contributed by atoms with van der Waals surface area (Å²) in [5, 5.41) is 20.0. The molecular weight excluding hydrogens is 506 g/mol. The maximum Gasteiger partial charge on any atom is 0.412 e. The Morgan fingerprint density at radius 3 is 2.21 bits per heavy atom. The number of aryl methyl sites for hydroxylation is 1. The fourth-order valence-corrected chi connectivity index (χ4v) is 4.81. The smallest absolute Gasteiger partial charge is 0.412 e. The first-order chi connectivity index (χ1) is 18.3. The van der Waals surface area contributed by atoms with Crippen molar-refractivity contribution < 1.29 is 24.0 Å². The molecule has 1 amide bonds. The van der Waals surface area contributed by atoms with E-state index in [-0.39, 0.29) is 0 Å². The van der Waals surface area contributed by atoms with Crippen molar-refractivity contribution in [1.82, 2.24) is 10.5 Å². The molecule has 1 atom stereocenters. The largest absolute Gasteiger partial charge is 0.481 e. The summed E-state index contributed by atoms with van der Waals surface area (Å²) >= 11 is 6.22. The summed E-state index contributed by atoms with van der Waals surface area (Å²) in [7, 11) is 0. The van der Waals surface area contributed by atoms with E-state index < -0.39 is 23.6 Å². The summed E-state index contributed by atoms with van der Waals surface area (Å²) in [5.74, 6) is -0.407. The van der Waals surface area contributed by atoms with Gasteiger partial charge < -0.3 is 19.7 Å². The van der Waals surface area contributed by atoms with Crippen LogP contribution in [0.3, 0.4) is 0 Å². The van der Waals surface area contributed by atoms with E-state index in [0.29, 0.717) is 40.8 Å². The van der Waals surface area contributed by atoms with Crippen LogP contribution in [-0.4, -0.2) is 35.4 Å². The summed E-state index contributed by atoms with van der Waals surface area (Å²) in [4.78, 5) is 24.4. The Labute approximate surface area is 224 Å². The van der Waals surface area contributed by atoms with Crippen LogP contribution in [0.25, 0.3) is 22.5 Å². The van der Waals surface area contributed by atoms with Gasteiger partial charge in [-0.05, 0) is 36.6 Å². The second-order valence-corrected chi connectivity index (χ2v) is 9.72. The molecule has 194 valence electrons. The number of nitrogens with one attached hydrogen (secondary N) is 2. The molecule has 4 aromatic rings. The van der Waals surface area contributed by atoms with Gasteiger partial charge in [0, 0.05) is 29.2 Å². The van der Waals surface area contributed by atoms with Gasteiger partial charge in [-0.25, -0.2) is 4.79 Å². The lowest BCUT2D eigenvalue weighted by atomic mass is 9.75. The van der Waals surface area contributed by atoms with Crippen molar-refractivity contribution in [2.75, 3.05) is 18.4 Å². The molecule has 5 rings (SSSR count). The number of carbonyl (C=O) groups is 2. The first-order valence-corrected chi connectivity index (χ1v) is 12.5. The van der Waals surface area contributed by atoms with Crippen LogP contribution in [0.5, 0.6) is 0 Å². The average Bonchev–Trinajstić information content (AvgIpc) is 3.23. The molecule has 0 aliphatic carbocycles. The number of hydrogen-bond acceptors (Lipinski definition) is 6. The molecule has 3 N–H and O–H groups in total. The molecule has 1 aliphatic heterocycles. The van der Waals surface area contributed by atoms with Gasteiger partial charge in [-0.1, -0.05) is 83.5 Å². The molecule has 0 spiro atoms. The van der Waals surface area contributed by atoms with Crippen molar-refractivity contribution in [2.24, 2.45) is 0 Å². The van der Waals surface area contributed by atoms with Gasteiger partial charge in [0.1, 0.15) is 22.9 Å². The Balaban J connectivity index is 1.30. The molecule has 2 heterocycles. The fourth-order valence-electron chi connectivity index (χ4n) is 4.52. The fraction of sp³-hybridized carbons (Fsp3) is 0.207. The number of benzene rings is 3. The van der Waals surface area contributed by atoms with Gasteiger partial charge in [0.25, 0.3) is 0 Å². The minimum atomic E-state index is -0.859. The van der Waals surface area contributed by atoms with E-state index in [4.69, 9.17) is 20.9 Å². The summed E-state index contributed by atoms with van der Waals surface area (Å²) in [6.07, 6.45) is -1.20. The quantitative estimate of drug-likeness (QED) is 0.260. The highest BCUT2D eigenvalue weighted by atomic mass is 35.5. The van der Waals surface area contributed by atoms with Gasteiger partial charge in [0.15, 0.2) is 5.76 Å². The number of hydrogen-bond donors (Lipinski definition) is 3. The number of anilines is 1. The van der Waals surface area contributed by atoms with Gasteiger partial charge in [0.05, 0.1) is 0 Å². The maximum atomic E-state index is 12.7. The van der Waals surface area contributed by atoms with Crippen molar-refractivity contribution in [3.05, 3.63) is 94.6 Å². The number of carboxylic acids is 1. The lowest BCUT2D eigenvalue weighted by molar-refractivity contribution is -0.146. The third-order valence-electron chi connectivity index (χ3n) is 6.90. The van der Waals surface area contributed by atoms with Crippen molar-refractivity contribution in [2.45, 2.75) is 25.4 Å². The molecule has 9 heteroatoms. The van der Waals surface area contributed by atoms with Crippen LogP contribution in [0.1, 0.15) is 29.8 Å². The van der Waals surface area contributed by atoms with Crippen molar-refractivity contribution in [1.29, 1.82) is 0 Å². The van der Waals surface area contributed by atoms with E-state index in [0.717, 1.165) is 22.3 Å². The van der Waals surface area contributed by atoms with E-state index in [9.17, 15) is 14.7 Å². The second-order valence-electron chi connectivity index (χ2n) is 9.31. The van der Waals surface area contributed by atoms with Crippen LogP contribution in [0, 0.1) is 6.92 Å². The van der Waals surface area contributed by atoms with Gasteiger partial charge in [-0.15, -0.1) is 0 Å². The molecule has 0 saturated carbocycles. The van der Waals surface area contributed by atoms with Gasteiger partial charge in [0.2, 0.25) is 0 Å². The lowest BCUT2D eigenvalue weighted by Gasteiger charge is -2.39. The highest BCUT2D eigenvalue weighted by Crippen LogP contribution is 2.34. The van der Waals surface area contributed by atoms with E-state index >= 15 is 0 Å². The number of rotatable bonds is 7. The SMILES string of the molecule is Cc1noc(-c2ccc(-c3ccc(C4(C(=O)O)CNC4)cc3)cc2)c1NC(=O)OC(C)c1ccccc1Cl. The number of amides is 1. The number of ether oxygens (including phenoxy) is 1. The Bertz CT molecular complexity index is 1480. The van der Waals surface area contributed by atoms with Gasteiger partial charge >= 0.3 is 12.1 Å². The highest BCUT2D eigenvalue weighted by molar-refractivity contribution is 6.31. The first-order valence-electron chi connectivity index (χ1n) is 12.1. The summed E-state index contributed by atoms with van der Waals surface area (Å²) in [6.45, 7) is 4.33. The van der Waals surface area contributed by atoms with E-state index in [1.54, 1.807) is 26.0 Å². The van der Waals surface area contributed by atoms with Crippen LogP contribution in [0.4, 0.5) is 10.5 Å². The topological polar surface area (TPSA) is 114 Å². The van der Waals surface area contributed by atoms with Crippen molar-refractivity contribution >= 4 is 29.4 Å². The second kappa shape index (κ2) is 10.3. The zero-order valence-electron chi connectivity index (χ0n) is 20.8. The molecule has 38 heavy (non-hydrogen) atoms. The number of aliphatic carboxylic acids is 1. The third kappa shape index (κ3) is 4.76. The molecule has 1 aromatic heterocycles. The van der Waals surface area contributed by atoms with E-state index in [1.807, 2.05) is 60.7 Å². The molecule has 3 aromatic carbocycles. The predicted molar refractivity (Wildman–Crippen MR) is 144 cm³/mol. The molecule has 1 fully saturated rings. The molecule has 0 radical (unpaired) electrons. The third-order valence-corrected chi connectivity index (χ3v) is 7.24. The van der Waals surface area contributed by atoms with Crippen LogP contribution in [0.2, 0.25) is 5.02 Å². The molecule has 8 nitrogen and oxygen atoms in total. The van der Waals surface area contributed by atoms with Crippen molar-refractivity contribution in [3.63, 3.8) is 0 Å². The van der Waals surface area contributed by atoms with Crippen molar-refractivity contribution in [3.8, 4) is 22.5 Å². The van der Waals surface area contributed by atoms with Crippen LogP contribution in [0.15, 0.2) is 77.3 Å². The lowest BCUT2D eigenvalue weighted by Crippen LogP contribution is -2.61. The standard InChI is InChI=1S/C29H26ClN3O5/c1-17-25(32-28(36)37-18(2)23-5-3-4-6-24(23)30)26(38-33-17)21-9-7-19(8-10-21)20-11-13-22(14-12-20)29(27(34)35)15-31-16-29/h3-14,18,31H,15-16H2,1-2H3,(H,32,36)(H,34,35). The van der Waals surface area contributed by atoms with Crippen LogP contribution in [-0.2, 0) is 14.9 Å². The van der Waals surface area contributed by atoms with Gasteiger partial charge in [-0.2, -0.15) is 0 Å². The number of nitrogens with zero attached hydrogens (tertiary/aromatic N) is 1. The minimum Gasteiger partial charge on any atom is -0.481 e. The van der Waals surface area contributed by atoms with Crippen LogP contribution < -0.4 is 10.6 Å². The van der Waals surface area contributed by atoms with E-state index in [1.165, 1.54) is 0 Å². The number of aromatic nitrogens is 1. The molecule has 1 aliphatic rings. The number of carbonyl (C=O) groups excluding carboxylic acids is 1. The van der Waals surface area contributed by atoms with Crippen LogP contribution >= 0.6 is 11.6 Å². The number of carboxylic acid groups (broad SMARTS) is 1. The van der Waals surface area contributed by atoms with Gasteiger partial charge in [-0.3, -0.25) is 10.1 Å². The Morgan fingerprint density at radius 2 is 1.63 bits per heavy atom. The molecule has 0 bridgehead atoms. The molecule has 1 saturated heterocycles. The predicted octanol–water partition coefficient (Wildman–Crippen LogP) is 6.21. The Kier molecular flexibility index (Phi) is 6.93. The monoisotopic (exact) mass is 531 g/mol. The number of halogens is 1. The summed E-state index contributed by atoms with van der Waals surface area (Å²) < 4.78 is 11.1. The Morgan fingerprint density at radius 1 is 1.03 bits per heavy atom. The normalized spacial score (nSPS) is 14.8. The zero-order valence-corrected chi connectivity index (χ0v) is 21.6. The summed E-state index contributed by atoms with van der Waals surface area (Å²) in [5.41, 5.74) is 4.21. The highest BCUT2D eigenvalue weighted by Gasteiger charge is 2.46. The zero-order chi connectivity index (χ0) is 26.9. The minimum absolute atomic E-state index is 0.410. The Hall–Kier alpha value is -4.14. The first kappa shape index (κ1) is 25.5. The molecular formula is C29H26ClN3O5.